The van der Waals surface area contributed by atoms with E-state index in [4.69, 9.17) is 15.3 Å². The normalized spacial score (nSPS) is 10.6. The Hall–Kier alpha value is -1.59. The molecule has 4 N–H and O–H groups in total. The van der Waals surface area contributed by atoms with Crippen molar-refractivity contribution in [3.63, 3.8) is 0 Å². The highest BCUT2D eigenvalue weighted by Crippen LogP contribution is 2.23. The fourth-order valence-electron chi connectivity index (χ4n) is 1.25. The summed E-state index contributed by atoms with van der Waals surface area (Å²) in [4.78, 5) is 10.7. The number of hydrogen-bond donors (Lipinski definition) is 4. The number of rotatable bonds is 4. The van der Waals surface area contributed by atoms with Gasteiger partial charge in [-0.05, 0) is 18.1 Å². The van der Waals surface area contributed by atoms with Crippen molar-refractivity contribution in [3.8, 4) is 5.75 Å². The third-order valence-corrected chi connectivity index (χ3v) is 2.02. The number of benzene rings is 1. The van der Waals surface area contributed by atoms with E-state index in [1.165, 1.54) is 12.1 Å². The van der Waals surface area contributed by atoms with Crippen molar-refractivity contribution < 1.29 is 25.2 Å². The average Bonchev–Trinajstić information content (AvgIpc) is 2.15. The third-order valence-electron chi connectivity index (χ3n) is 2.02. The molecule has 0 bridgehead atoms. The summed E-state index contributed by atoms with van der Waals surface area (Å²) in [7, 11) is 0. The van der Waals surface area contributed by atoms with Crippen LogP contribution < -0.4 is 0 Å². The Labute approximate surface area is 86.2 Å². The zero-order valence-corrected chi connectivity index (χ0v) is 7.92. The van der Waals surface area contributed by atoms with Gasteiger partial charge in [0.15, 0.2) is 6.29 Å². The Balaban J connectivity index is 2.89. The maximum atomic E-state index is 10.7. The number of aliphatic hydroxyl groups is 2. The van der Waals surface area contributed by atoms with E-state index in [-0.39, 0.29) is 24.2 Å². The molecule has 82 valence electrons. The first-order chi connectivity index (χ1) is 7.02. The van der Waals surface area contributed by atoms with Gasteiger partial charge < -0.3 is 20.4 Å². The average molecular weight is 212 g/mol. The maximum Gasteiger partial charge on any atom is 0.339 e. The van der Waals surface area contributed by atoms with Crippen LogP contribution in [0.1, 0.15) is 22.3 Å². The number of hydrogen-bond acceptors (Lipinski definition) is 4. The Morgan fingerprint density at radius 3 is 2.53 bits per heavy atom. The van der Waals surface area contributed by atoms with E-state index in [0.29, 0.717) is 5.56 Å². The molecule has 0 unspecified atom stereocenters. The van der Waals surface area contributed by atoms with Gasteiger partial charge in [-0.1, -0.05) is 12.1 Å². The lowest BCUT2D eigenvalue weighted by atomic mass is 10.0. The second kappa shape index (κ2) is 4.77. The molecule has 0 atom stereocenters. The van der Waals surface area contributed by atoms with Gasteiger partial charge in [0.1, 0.15) is 11.3 Å². The quantitative estimate of drug-likeness (QED) is 0.539. The number of aromatic carboxylic acids is 1. The SMILES string of the molecule is O=C(O)c1cccc(CCC(O)O)c1O. The molecule has 0 fully saturated rings. The molecule has 0 radical (unpaired) electrons. The fourth-order valence-corrected chi connectivity index (χ4v) is 1.25. The Bertz CT molecular complexity index is 359. The van der Waals surface area contributed by atoms with Crippen LogP contribution in [0, 0.1) is 0 Å². The summed E-state index contributed by atoms with van der Waals surface area (Å²) in [6.45, 7) is 0. The fraction of sp³-hybridized carbons (Fsp3) is 0.300. The van der Waals surface area contributed by atoms with Crippen LogP contribution in [-0.2, 0) is 6.42 Å². The predicted octanol–water partition coefficient (Wildman–Crippen LogP) is 0.334. The zero-order chi connectivity index (χ0) is 11.4. The Morgan fingerprint density at radius 1 is 1.33 bits per heavy atom. The molecule has 0 aliphatic carbocycles. The van der Waals surface area contributed by atoms with Gasteiger partial charge in [0, 0.05) is 6.42 Å². The first kappa shape index (κ1) is 11.5. The minimum Gasteiger partial charge on any atom is -0.507 e. The molecule has 0 aliphatic rings. The molecule has 0 heterocycles. The van der Waals surface area contributed by atoms with Gasteiger partial charge in [0.05, 0.1) is 0 Å². The molecule has 0 spiro atoms. The van der Waals surface area contributed by atoms with Gasteiger partial charge in [0.25, 0.3) is 0 Å². The molecule has 5 nitrogen and oxygen atoms in total. The molecule has 0 saturated carbocycles. The van der Waals surface area contributed by atoms with E-state index in [1.807, 2.05) is 0 Å². The number of carboxylic acid groups (broad SMARTS) is 1. The monoisotopic (exact) mass is 212 g/mol. The minimum absolute atomic E-state index is 0.0522. The predicted molar refractivity (Wildman–Crippen MR) is 51.6 cm³/mol. The highest BCUT2D eigenvalue weighted by molar-refractivity contribution is 5.91. The van der Waals surface area contributed by atoms with Crippen LogP contribution >= 0.6 is 0 Å². The van der Waals surface area contributed by atoms with Gasteiger partial charge in [-0.2, -0.15) is 0 Å². The van der Waals surface area contributed by atoms with Crippen molar-refractivity contribution in [2.75, 3.05) is 0 Å². The first-order valence-corrected chi connectivity index (χ1v) is 4.42. The van der Waals surface area contributed by atoms with Crippen molar-refractivity contribution in [2.24, 2.45) is 0 Å². The number of aliphatic hydroxyl groups excluding tert-OH is 1. The molecular formula is C10H12O5. The second-order valence-corrected chi connectivity index (χ2v) is 3.14. The topological polar surface area (TPSA) is 98.0 Å². The summed E-state index contributed by atoms with van der Waals surface area (Å²) in [5, 5.41) is 35.5. The second-order valence-electron chi connectivity index (χ2n) is 3.14. The number of phenols is 1. The van der Waals surface area contributed by atoms with Crippen molar-refractivity contribution >= 4 is 5.97 Å². The minimum atomic E-state index is -1.46. The molecule has 1 rings (SSSR count). The molecule has 15 heavy (non-hydrogen) atoms. The molecule has 1 aromatic carbocycles. The summed E-state index contributed by atoms with van der Waals surface area (Å²) in [6.07, 6.45) is -1.20. The van der Waals surface area contributed by atoms with Crippen molar-refractivity contribution in [2.45, 2.75) is 19.1 Å². The molecule has 0 saturated heterocycles. The third kappa shape index (κ3) is 2.93. The highest BCUT2D eigenvalue weighted by Gasteiger charge is 2.13. The van der Waals surface area contributed by atoms with Gasteiger partial charge in [0.2, 0.25) is 0 Å². The number of carboxylic acids is 1. The van der Waals surface area contributed by atoms with E-state index in [9.17, 15) is 9.90 Å². The zero-order valence-electron chi connectivity index (χ0n) is 7.92. The molecular weight excluding hydrogens is 200 g/mol. The van der Waals surface area contributed by atoms with E-state index in [1.54, 1.807) is 6.07 Å². The summed E-state index contributed by atoms with van der Waals surface area (Å²) in [5.74, 6) is -1.52. The van der Waals surface area contributed by atoms with Gasteiger partial charge in [-0.15, -0.1) is 0 Å². The number of para-hydroxylation sites is 1. The summed E-state index contributed by atoms with van der Waals surface area (Å²) in [5.41, 5.74) is 0.211. The molecule has 1 aromatic rings. The van der Waals surface area contributed by atoms with E-state index in [2.05, 4.69) is 0 Å². The Kier molecular flexibility index (Phi) is 3.65. The summed E-state index contributed by atoms with van der Waals surface area (Å²) < 4.78 is 0. The molecule has 5 heteroatoms. The number of carbonyl (C=O) groups is 1. The molecule has 0 aliphatic heterocycles. The van der Waals surface area contributed by atoms with E-state index in [0.717, 1.165) is 0 Å². The number of aromatic hydroxyl groups is 1. The standard InChI is InChI=1S/C10H12O5/c11-8(12)5-4-6-2-1-3-7(9(6)13)10(14)15/h1-3,8,11-13H,4-5H2,(H,14,15). The van der Waals surface area contributed by atoms with Crippen LogP contribution in [0.5, 0.6) is 5.75 Å². The van der Waals surface area contributed by atoms with Crippen molar-refractivity contribution in [3.05, 3.63) is 29.3 Å². The van der Waals surface area contributed by atoms with Crippen LogP contribution in [-0.4, -0.2) is 32.7 Å². The van der Waals surface area contributed by atoms with Crippen molar-refractivity contribution in [1.29, 1.82) is 0 Å². The van der Waals surface area contributed by atoms with E-state index >= 15 is 0 Å². The maximum absolute atomic E-state index is 10.7. The van der Waals surface area contributed by atoms with Crippen LogP contribution in [0.15, 0.2) is 18.2 Å². The Morgan fingerprint density at radius 2 is 2.00 bits per heavy atom. The first-order valence-electron chi connectivity index (χ1n) is 4.42. The lowest BCUT2D eigenvalue weighted by Crippen LogP contribution is -2.06. The van der Waals surface area contributed by atoms with Crippen LogP contribution in [0.3, 0.4) is 0 Å². The van der Waals surface area contributed by atoms with Crippen molar-refractivity contribution in [1.82, 2.24) is 0 Å². The van der Waals surface area contributed by atoms with E-state index < -0.39 is 12.3 Å². The van der Waals surface area contributed by atoms with Gasteiger partial charge in [-0.3, -0.25) is 0 Å². The lowest BCUT2D eigenvalue weighted by Gasteiger charge is -2.07. The number of aryl methyl sites for hydroxylation is 1. The largest absolute Gasteiger partial charge is 0.507 e. The van der Waals surface area contributed by atoms with Gasteiger partial charge in [-0.25, -0.2) is 4.79 Å². The van der Waals surface area contributed by atoms with Gasteiger partial charge >= 0.3 is 5.97 Å². The molecule has 0 aromatic heterocycles. The highest BCUT2D eigenvalue weighted by atomic mass is 16.5. The smallest absolute Gasteiger partial charge is 0.339 e. The van der Waals surface area contributed by atoms with Crippen LogP contribution in [0.4, 0.5) is 0 Å². The van der Waals surface area contributed by atoms with Crippen LogP contribution in [0.2, 0.25) is 0 Å². The molecule has 0 amide bonds. The lowest BCUT2D eigenvalue weighted by molar-refractivity contribution is -0.0447. The summed E-state index contributed by atoms with van der Waals surface area (Å²) >= 11 is 0. The van der Waals surface area contributed by atoms with Crippen LogP contribution in [0.25, 0.3) is 0 Å². The summed E-state index contributed by atoms with van der Waals surface area (Å²) in [6, 6.07) is 4.34.